The van der Waals surface area contributed by atoms with Crippen LogP contribution in [0.1, 0.15) is 0 Å². The first-order chi connectivity index (χ1) is 3.97. The van der Waals surface area contributed by atoms with E-state index >= 15 is 0 Å². The Labute approximate surface area is 50.7 Å². The van der Waals surface area contributed by atoms with Crippen molar-refractivity contribution in [2.24, 2.45) is 0 Å². The van der Waals surface area contributed by atoms with Crippen molar-refractivity contribution in [3.63, 3.8) is 0 Å². The van der Waals surface area contributed by atoms with Crippen molar-refractivity contribution in [3.05, 3.63) is 17.8 Å². The lowest BCUT2D eigenvalue weighted by molar-refractivity contribution is 1.41. The van der Waals surface area contributed by atoms with E-state index in [1.807, 2.05) is 17.8 Å². The van der Waals surface area contributed by atoms with Crippen molar-refractivity contribution in [1.29, 1.82) is 0 Å². The summed E-state index contributed by atoms with van der Waals surface area (Å²) < 4.78 is 3.08. The lowest BCUT2D eigenvalue weighted by Crippen LogP contribution is -1.59. The Hall–Kier alpha value is -0.830. The predicted octanol–water partition coefficient (Wildman–Crippen LogP) is 1.58. The molecule has 0 bridgehead atoms. The first kappa shape index (κ1) is 4.09. The summed E-state index contributed by atoms with van der Waals surface area (Å²) in [7, 11) is 0. The molecule has 40 valence electrons. The summed E-state index contributed by atoms with van der Waals surface area (Å²) in [5.74, 6) is 0. The van der Waals surface area contributed by atoms with E-state index in [0.717, 1.165) is 5.69 Å². The first-order valence-electron chi connectivity index (χ1n) is 2.32. The van der Waals surface area contributed by atoms with E-state index in [-0.39, 0.29) is 0 Å². The highest BCUT2D eigenvalue weighted by Gasteiger charge is 2.00. The van der Waals surface area contributed by atoms with Crippen molar-refractivity contribution in [3.8, 4) is 11.3 Å². The zero-order chi connectivity index (χ0) is 5.40. The van der Waals surface area contributed by atoms with E-state index < -0.39 is 0 Å². The number of hydrogen-bond donors (Lipinski definition) is 1. The van der Waals surface area contributed by atoms with Crippen LogP contribution in [0.2, 0.25) is 0 Å². The molecule has 0 aromatic heterocycles. The molecule has 3 heteroatoms. The molecule has 2 heterocycles. The SMILES string of the molecule is c1ncc2[nH]scc1-2. The van der Waals surface area contributed by atoms with Crippen LogP contribution >= 0.6 is 11.5 Å². The van der Waals surface area contributed by atoms with Crippen LogP contribution in [0, 0.1) is 0 Å². The van der Waals surface area contributed by atoms with Crippen LogP contribution in [-0.4, -0.2) is 9.36 Å². The van der Waals surface area contributed by atoms with Gasteiger partial charge in [0, 0.05) is 17.1 Å². The summed E-state index contributed by atoms with van der Waals surface area (Å²) >= 11 is 1.59. The first-order valence-corrected chi connectivity index (χ1v) is 3.20. The number of hydrogen-bond acceptors (Lipinski definition) is 2. The number of nitrogens with zero attached hydrogens (tertiary/aromatic N) is 1. The standard InChI is InChI=1S/C5H4N2S/c1-4-3-8-7-5(4)2-6-1/h1-3,7H. The lowest BCUT2D eigenvalue weighted by Gasteiger charge is -1.75. The molecule has 1 N–H and O–H groups in total. The zero-order valence-corrected chi connectivity index (χ0v) is 4.90. The Morgan fingerprint density at radius 2 is 2.50 bits per heavy atom. The topological polar surface area (TPSA) is 28.7 Å². The van der Waals surface area contributed by atoms with Crippen LogP contribution in [0.4, 0.5) is 0 Å². The van der Waals surface area contributed by atoms with Gasteiger partial charge in [-0.25, -0.2) is 0 Å². The molecule has 8 heavy (non-hydrogen) atoms. The number of aromatic nitrogens is 2. The summed E-state index contributed by atoms with van der Waals surface area (Å²) in [6.07, 6.45) is 3.67. The van der Waals surface area contributed by atoms with Gasteiger partial charge in [-0.1, -0.05) is 11.5 Å². The molecular weight excluding hydrogens is 120 g/mol. The summed E-state index contributed by atoms with van der Waals surface area (Å²) in [6, 6.07) is 0. The van der Waals surface area contributed by atoms with Crippen molar-refractivity contribution < 1.29 is 0 Å². The molecule has 0 radical (unpaired) electrons. The fraction of sp³-hybridized carbons (Fsp3) is 0. The highest BCUT2D eigenvalue weighted by atomic mass is 32.1. The van der Waals surface area contributed by atoms with Crippen LogP contribution < -0.4 is 0 Å². The van der Waals surface area contributed by atoms with Crippen LogP contribution in [0.3, 0.4) is 0 Å². The molecule has 2 aliphatic rings. The largest absolute Gasteiger partial charge is 0.309 e. The maximum Gasteiger partial charge on any atom is 0.0756 e. The Kier molecular flexibility index (Phi) is 0.676. The van der Waals surface area contributed by atoms with Gasteiger partial charge in [0.2, 0.25) is 0 Å². The Balaban J connectivity index is 2.84. The van der Waals surface area contributed by atoms with E-state index in [4.69, 9.17) is 0 Å². The van der Waals surface area contributed by atoms with Crippen molar-refractivity contribution >= 4 is 11.5 Å². The van der Waals surface area contributed by atoms with E-state index in [1.165, 1.54) is 5.56 Å². The number of rotatable bonds is 0. The molecule has 0 aromatic carbocycles. The zero-order valence-electron chi connectivity index (χ0n) is 4.09. The van der Waals surface area contributed by atoms with Gasteiger partial charge < -0.3 is 4.37 Å². The maximum absolute atomic E-state index is 3.94. The van der Waals surface area contributed by atoms with E-state index in [2.05, 4.69) is 9.36 Å². The van der Waals surface area contributed by atoms with Crippen LogP contribution in [0.15, 0.2) is 17.8 Å². The third kappa shape index (κ3) is 0.391. The number of nitrogens with one attached hydrogen (secondary N) is 1. The number of aromatic amines is 1. The molecular formula is C5H4N2S. The third-order valence-corrected chi connectivity index (χ3v) is 1.79. The van der Waals surface area contributed by atoms with Crippen molar-refractivity contribution in [2.45, 2.75) is 0 Å². The van der Waals surface area contributed by atoms with Gasteiger partial charge in [0.15, 0.2) is 0 Å². The van der Waals surface area contributed by atoms with E-state index in [0.29, 0.717) is 0 Å². The normalized spacial score (nSPS) is 10.5. The summed E-state index contributed by atoms with van der Waals surface area (Å²) in [5, 5.41) is 2.04. The lowest BCUT2D eigenvalue weighted by atomic mass is 10.3. The summed E-state index contributed by atoms with van der Waals surface area (Å²) in [4.78, 5) is 3.94. The number of fused-ring (bicyclic) bond motifs is 1. The van der Waals surface area contributed by atoms with Gasteiger partial charge in [0.05, 0.1) is 11.9 Å². The number of H-pyrrole nitrogens is 1. The fourth-order valence-corrected chi connectivity index (χ4v) is 1.34. The van der Waals surface area contributed by atoms with E-state index in [1.54, 1.807) is 11.5 Å². The molecule has 2 rings (SSSR count). The molecule has 0 saturated carbocycles. The molecule has 0 saturated heterocycles. The quantitative estimate of drug-likeness (QED) is 0.567. The molecule has 0 spiro atoms. The average molecular weight is 124 g/mol. The van der Waals surface area contributed by atoms with Crippen molar-refractivity contribution in [1.82, 2.24) is 9.36 Å². The monoisotopic (exact) mass is 124 g/mol. The second kappa shape index (κ2) is 1.32. The van der Waals surface area contributed by atoms with Crippen LogP contribution in [0.5, 0.6) is 0 Å². The second-order valence-electron chi connectivity index (χ2n) is 1.61. The van der Waals surface area contributed by atoms with Gasteiger partial charge in [0.25, 0.3) is 0 Å². The summed E-state index contributed by atoms with van der Waals surface area (Å²) in [6.45, 7) is 0. The molecule has 2 nitrogen and oxygen atoms in total. The highest BCUT2D eigenvalue weighted by Crippen LogP contribution is 2.20. The van der Waals surface area contributed by atoms with Gasteiger partial charge in [-0.2, -0.15) is 0 Å². The van der Waals surface area contributed by atoms with Gasteiger partial charge >= 0.3 is 0 Å². The smallest absolute Gasteiger partial charge is 0.0756 e. The Bertz CT molecular complexity index is 202. The Morgan fingerprint density at radius 3 is 3.38 bits per heavy atom. The van der Waals surface area contributed by atoms with Gasteiger partial charge in [-0.05, 0) is 0 Å². The molecule has 0 fully saturated rings. The maximum atomic E-state index is 3.94. The minimum Gasteiger partial charge on any atom is -0.309 e. The van der Waals surface area contributed by atoms with E-state index in [9.17, 15) is 0 Å². The third-order valence-electron chi connectivity index (χ3n) is 1.08. The highest BCUT2D eigenvalue weighted by molar-refractivity contribution is 7.04. The van der Waals surface area contributed by atoms with Gasteiger partial charge in [-0.15, -0.1) is 0 Å². The fourth-order valence-electron chi connectivity index (χ4n) is 0.672. The average Bonchev–Trinajstić information content (AvgIpc) is 2.15. The van der Waals surface area contributed by atoms with Crippen LogP contribution in [-0.2, 0) is 0 Å². The predicted molar refractivity (Wildman–Crippen MR) is 33.1 cm³/mol. The molecule has 0 aliphatic carbocycles. The summed E-state index contributed by atoms with van der Waals surface area (Å²) in [5.41, 5.74) is 2.34. The minimum absolute atomic E-state index is 1.13. The van der Waals surface area contributed by atoms with Gasteiger partial charge in [-0.3, -0.25) is 4.98 Å². The molecule has 0 amide bonds. The Morgan fingerprint density at radius 1 is 1.50 bits per heavy atom. The van der Waals surface area contributed by atoms with Crippen molar-refractivity contribution in [2.75, 3.05) is 0 Å². The van der Waals surface area contributed by atoms with Gasteiger partial charge in [0.1, 0.15) is 0 Å². The molecule has 0 unspecified atom stereocenters. The molecule has 0 aromatic rings. The minimum atomic E-state index is 1.13. The molecule has 0 atom stereocenters. The second-order valence-corrected chi connectivity index (χ2v) is 2.29. The van der Waals surface area contributed by atoms with Crippen LogP contribution in [0.25, 0.3) is 11.3 Å². The molecule has 2 aliphatic heterocycles.